The average molecular weight is 274 g/mol. The first kappa shape index (κ1) is 12.9. The second kappa shape index (κ2) is 5.50. The SMILES string of the molecule is CC(=O)OCc1nc2c(N3CCNCC3)cccc2[nH]1. The number of hydrogen-bond donors (Lipinski definition) is 2. The summed E-state index contributed by atoms with van der Waals surface area (Å²) in [6.45, 7) is 5.51. The maximum absolute atomic E-state index is 10.9. The van der Waals surface area contributed by atoms with Gasteiger partial charge in [0.2, 0.25) is 0 Å². The number of carbonyl (C=O) groups is 1. The van der Waals surface area contributed by atoms with Crippen molar-refractivity contribution in [1.29, 1.82) is 0 Å². The van der Waals surface area contributed by atoms with E-state index in [2.05, 4.69) is 26.3 Å². The summed E-state index contributed by atoms with van der Waals surface area (Å²) in [4.78, 5) is 21.0. The molecule has 0 spiro atoms. The summed E-state index contributed by atoms with van der Waals surface area (Å²) in [7, 11) is 0. The van der Waals surface area contributed by atoms with Crippen molar-refractivity contribution in [2.45, 2.75) is 13.5 Å². The lowest BCUT2D eigenvalue weighted by Crippen LogP contribution is -2.43. The van der Waals surface area contributed by atoms with Gasteiger partial charge in [0, 0.05) is 33.1 Å². The number of ether oxygens (including phenoxy) is 1. The lowest BCUT2D eigenvalue weighted by Gasteiger charge is -2.29. The van der Waals surface area contributed by atoms with Crippen LogP contribution in [0.2, 0.25) is 0 Å². The minimum absolute atomic E-state index is 0.186. The van der Waals surface area contributed by atoms with Gasteiger partial charge < -0.3 is 19.9 Å². The highest BCUT2D eigenvalue weighted by Crippen LogP contribution is 2.25. The molecular formula is C14H18N4O2. The molecule has 3 rings (SSSR count). The molecular weight excluding hydrogens is 256 g/mol. The molecule has 2 aromatic rings. The number of piperazine rings is 1. The van der Waals surface area contributed by atoms with Crippen LogP contribution in [0.5, 0.6) is 0 Å². The van der Waals surface area contributed by atoms with Crippen molar-refractivity contribution in [3.05, 3.63) is 24.0 Å². The molecule has 1 fully saturated rings. The van der Waals surface area contributed by atoms with Gasteiger partial charge in [-0.3, -0.25) is 4.79 Å². The number of H-pyrrole nitrogens is 1. The van der Waals surface area contributed by atoms with Gasteiger partial charge in [0.05, 0.1) is 11.2 Å². The zero-order valence-electron chi connectivity index (χ0n) is 11.5. The van der Waals surface area contributed by atoms with E-state index in [1.807, 2.05) is 12.1 Å². The van der Waals surface area contributed by atoms with Gasteiger partial charge in [-0.05, 0) is 12.1 Å². The second-order valence-electron chi connectivity index (χ2n) is 4.87. The Morgan fingerprint density at radius 1 is 1.40 bits per heavy atom. The molecule has 2 heterocycles. The van der Waals surface area contributed by atoms with E-state index in [0.717, 1.165) is 42.9 Å². The van der Waals surface area contributed by atoms with Crippen molar-refractivity contribution in [3.8, 4) is 0 Å². The van der Waals surface area contributed by atoms with Crippen LogP contribution in [0.3, 0.4) is 0 Å². The van der Waals surface area contributed by atoms with Crippen molar-refractivity contribution < 1.29 is 9.53 Å². The van der Waals surface area contributed by atoms with Gasteiger partial charge in [-0.25, -0.2) is 4.98 Å². The third-order valence-electron chi connectivity index (χ3n) is 3.41. The van der Waals surface area contributed by atoms with Crippen LogP contribution < -0.4 is 10.2 Å². The number of esters is 1. The number of carbonyl (C=O) groups excluding carboxylic acids is 1. The Balaban J connectivity index is 1.90. The fourth-order valence-electron chi connectivity index (χ4n) is 2.47. The molecule has 1 aromatic heterocycles. The van der Waals surface area contributed by atoms with Crippen LogP contribution >= 0.6 is 0 Å². The number of rotatable bonds is 3. The van der Waals surface area contributed by atoms with Crippen LogP contribution in [0.1, 0.15) is 12.7 Å². The summed E-state index contributed by atoms with van der Waals surface area (Å²) in [6, 6.07) is 6.10. The quantitative estimate of drug-likeness (QED) is 0.818. The minimum atomic E-state index is -0.298. The van der Waals surface area contributed by atoms with Crippen molar-refractivity contribution in [2.24, 2.45) is 0 Å². The highest BCUT2D eigenvalue weighted by molar-refractivity contribution is 5.89. The Bertz CT molecular complexity index is 617. The molecule has 20 heavy (non-hydrogen) atoms. The summed E-state index contributed by atoms with van der Waals surface area (Å²) < 4.78 is 4.99. The van der Waals surface area contributed by atoms with Crippen LogP contribution in [0.25, 0.3) is 11.0 Å². The molecule has 0 unspecified atom stereocenters. The van der Waals surface area contributed by atoms with Crippen LogP contribution in [0.4, 0.5) is 5.69 Å². The normalized spacial score (nSPS) is 15.6. The van der Waals surface area contributed by atoms with Gasteiger partial charge in [0.25, 0.3) is 0 Å². The zero-order valence-corrected chi connectivity index (χ0v) is 11.5. The molecule has 0 saturated carbocycles. The number of para-hydroxylation sites is 1. The maximum atomic E-state index is 10.9. The summed E-state index contributed by atoms with van der Waals surface area (Å²) in [5.41, 5.74) is 3.05. The van der Waals surface area contributed by atoms with E-state index in [0.29, 0.717) is 5.82 Å². The summed E-state index contributed by atoms with van der Waals surface area (Å²) in [5.74, 6) is 0.380. The predicted octanol–water partition coefficient (Wildman–Crippen LogP) is 1.04. The lowest BCUT2D eigenvalue weighted by atomic mass is 10.2. The summed E-state index contributed by atoms with van der Waals surface area (Å²) in [5, 5.41) is 3.34. The number of fused-ring (bicyclic) bond motifs is 1. The standard InChI is InChI=1S/C14H18N4O2/c1-10(19)20-9-13-16-11-3-2-4-12(14(11)17-13)18-7-5-15-6-8-18/h2-4,15H,5-9H2,1H3,(H,16,17). The van der Waals surface area contributed by atoms with Crippen LogP contribution in [-0.4, -0.2) is 42.1 Å². The monoisotopic (exact) mass is 274 g/mol. The van der Waals surface area contributed by atoms with Gasteiger partial charge in [-0.2, -0.15) is 0 Å². The van der Waals surface area contributed by atoms with Gasteiger partial charge in [-0.1, -0.05) is 6.07 Å². The molecule has 6 nitrogen and oxygen atoms in total. The van der Waals surface area contributed by atoms with E-state index < -0.39 is 0 Å². The van der Waals surface area contributed by atoms with Crippen molar-refractivity contribution >= 4 is 22.7 Å². The van der Waals surface area contributed by atoms with Gasteiger partial charge in [0.1, 0.15) is 17.9 Å². The second-order valence-corrected chi connectivity index (χ2v) is 4.87. The average Bonchev–Trinajstić information content (AvgIpc) is 2.89. The summed E-state index contributed by atoms with van der Waals surface area (Å²) in [6.07, 6.45) is 0. The third kappa shape index (κ3) is 2.60. The Labute approximate surface area is 117 Å². The molecule has 1 aliphatic rings. The lowest BCUT2D eigenvalue weighted by molar-refractivity contribution is -0.142. The number of benzene rings is 1. The maximum Gasteiger partial charge on any atom is 0.303 e. The molecule has 6 heteroatoms. The molecule has 0 amide bonds. The molecule has 2 N–H and O–H groups in total. The molecule has 0 aliphatic carbocycles. The third-order valence-corrected chi connectivity index (χ3v) is 3.41. The zero-order chi connectivity index (χ0) is 13.9. The molecule has 0 radical (unpaired) electrons. The Morgan fingerprint density at radius 2 is 2.20 bits per heavy atom. The van der Waals surface area contributed by atoms with E-state index in [4.69, 9.17) is 4.74 Å². The molecule has 0 atom stereocenters. The molecule has 1 saturated heterocycles. The number of nitrogens with one attached hydrogen (secondary N) is 2. The van der Waals surface area contributed by atoms with Crippen LogP contribution in [0, 0.1) is 0 Å². The van der Waals surface area contributed by atoms with E-state index in [1.54, 1.807) is 0 Å². The van der Waals surface area contributed by atoms with Crippen molar-refractivity contribution in [1.82, 2.24) is 15.3 Å². The largest absolute Gasteiger partial charge is 0.458 e. The number of aromatic nitrogens is 2. The topological polar surface area (TPSA) is 70.2 Å². The Morgan fingerprint density at radius 3 is 2.95 bits per heavy atom. The molecule has 1 aliphatic heterocycles. The van der Waals surface area contributed by atoms with Crippen molar-refractivity contribution in [2.75, 3.05) is 31.1 Å². The van der Waals surface area contributed by atoms with Crippen LogP contribution in [-0.2, 0) is 16.1 Å². The fourth-order valence-corrected chi connectivity index (χ4v) is 2.47. The van der Waals surface area contributed by atoms with E-state index in [9.17, 15) is 4.79 Å². The fraction of sp³-hybridized carbons (Fsp3) is 0.429. The smallest absolute Gasteiger partial charge is 0.303 e. The van der Waals surface area contributed by atoms with E-state index in [-0.39, 0.29) is 12.6 Å². The predicted molar refractivity (Wildman–Crippen MR) is 76.6 cm³/mol. The first-order valence-electron chi connectivity index (χ1n) is 6.80. The van der Waals surface area contributed by atoms with Gasteiger partial charge in [0.15, 0.2) is 0 Å². The minimum Gasteiger partial charge on any atom is -0.458 e. The number of imidazole rings is 1. The number of anilines is 1. The van der Waals surface area contributed by atoms with Crippen LogP contribution in [0.15, 0.2) is 18.2 Å². The van der Waals surface area contributed by atoms with E-state index >= 15 is 0 Å². The van der Waals surface area contributed by atoms with E-state index in [1.165, 1.54) is 6.92 Å². The number of aromatic amines is 1. The van der Waals surface area contributed by atoms with Crippen molar-refractivity contribution in [3.63, 3.8) is 0 Å². The molecule has 0 bridgehead atoms. The molecule has 1 aromatic carbocycles. The Kier molecular flexibility index (Phi) is 3.56. The number of nitrogens with zero attached hydrogens (tertiary/aromatic N) is 2. The Hall–Kier alpha value is -2.08. The first-order valence-corrected chi connectivity index (χ1v) is 6.80. The number of hydrogen-bond acceptors (Lipinski definition) is 5. The summed E-state index contributed by atoms with van der Waals surface area (Å²) >= 11 is 0. The first-order chi connectivity index (χ1) is 9.74. The highest BCUT2D eigenvalue weighted by atomic mass is 16.5. The molecule has 106 valence electrons. The van der Waals surface area contributed by atoms with Gasteiger partial charge >= 0.3 is 5.97 Å². The highest BCUT2D eigenvalue weighted by Gasteiger charge is 2.15. The van der Waals surface area contributed by atoms with Gasteiger partial charge in [-0.15, -0.1) is 0 Å².